The summed E-state index contributed by atoms with van der Waals surface area (Å²) in [6.45, 7) is 0. The molecule has 0 aliphatic carbocycles. The largest absolute Gasteiger partial charge is 0.527 e. The van der Waals surface area contributed by atoms with Crippen LogP contribution in [0.2, 0.25) is 0 Å². The summed E-state index contributed by atoms with van der Waals surface area (Å²) in [5.41, 5.74) is -4.56. The van der Waals surface area contributed by atoms with E-state index in [1.165, 1.54) is 0 Å². The Hall–Kier alpha value is -0.0400. The summed E-state index contributed by atoms with van der Waals surface area (Å²) in [7, 11) is 0. The highest BCUT2D eigenvalue weighted by molar-refractivity contribution is 7.81. The minimum absolute atomic E-state index is 2.11. The van der Waals surface area contributed by atoms with E-state index in [0.717, 1.165) is 0 Å². The Labute approximate surface area is 52.2 Å². The van der Waals surface area contributed by atoms with Crippen LogP contribution >= 0.6 is 12.6 Å². The maximum absolute atomic E-state index is 11.1. The number of hydrogen-bond donors (Lipinski definition) is 0. The number of alkyl halides is 5. The van der Waals surface area contributed by atoms with Gasteiger partial charge < -0.3 is 0 Å². The summed E-state index contributed by atoms with van der Waals surface area (Å²) in [6.07, 6.45) is -5.37. The fourth-order valence-electron chi connectivity index (χ4n) is 0.135. The lowest BCUT2D eigenvalue weighted by molar-refractivity contribution is -0.394. The van der Waals surface area contributed by atoms with Crippen molar-refractivity contribution in [1.29, 1.82) is 0 Å². The Balaban J connectivity index is 3.75. The van der Waals surface area contributed by atoms with Gasteiger partial charge in [0.25, 0.3) is 0 Å². The topological polar surface area (TPSA) is 9.23 Å². The number of hydrogen-bond acceptors (Lipinski definition) is 1. The van der Waals surface area contributed by atoms with Gasteiger partial charge in [-0.15, -0.1) is 13.2 Å². The van der Waals surface area contributed by atoms with Gasteiger partial charge in [-0.1, -0.05) is 0 Å². The molecule has 0 saturated carbocycles. The second-order valence-electron chi connectivity index (χ2n) is 1.01. The highest BCUT2D eigenvalue weighted by Crippen LogP contribution is 2.29. The average molecular weight is 167 g/mol. The van der Waals surface area contributed by atoms with Gasteiger partial charge in [0.05, 0.1) is 0 Å². The van der Waals surface area contributed by atoms with Crippen molar-refractivity contribution < 1.29 is 26.7 Å². The summed E-state index contributed by atoms with van der Waals surface area (Å²) in [4.78, 5) is 0. The first-order valence-corrected chi connectivity index (χ1v) is 1.97. The molecule has 0 saturated heterocycles. The second-order valence-corrected chi connectivity index (χ2v) is 1.49. The molecule has 0 aromatic heterocycles. The molecule has 0 atom stereocenters. The summed E-state index contributed by atoms with van der Waals surface area (Å²) >= 11 is 2.96. The van der Waals surface area contributed by atoms with Gasteiger partial charge in [0, 0.05) is 12.6 Å². The molecular formula is C2F5OS. The molecule has 0 bridgehead atoms. The zero-order valence-corrected chi connectivity index (χ0v) is 4.52. The lowest BCUT2D eigenvalue weighted by Gasteiger charge is -2.10. The van der Waals surface area contributed by atoms with Crippen molar-refractivity contribution in [3.63, 3.8) is 0 Å². The van der Waals surface area contributed by atoms with Crippen LogP contribution in [0.4, 0.5) is 22.0 Å². The molecular weight excluding hydrogens is 167 g/mol. The van der Waals surface area contributed by atoms with Crippen molar-refractivity contribution in [1.82, 2.24) is 0 Å². The van der Waals surface area contributed by atoms with E-state index in [-0.39, 0.29) is 0 Å². The Morgan fingerprint density at radius 1 is 1.00 bits per heavy atom. The van der Waals surface area contributed by atoms with Crippen LogP contribution in [0, 0.1) is 0 Å². The molecule has 9 heavy (non-hydrogen) atoms. The second kappa shape index (κ2) is 2.30. The van der Waals surface area contributed by atoms with Crippen molar-refractivity contribution >= 4 is 12.6 Å². The van der Waals surface area contributed by atoms with Crippen LogP contribution in [0.3, 0.4) is 0 Å². The predicted molar refractivity (Wildman–Crippen MR) is 19.7 cm³/mol. The zero-order chi connectivity index (χ0) is 7.71. The van der Waals surface area contributed by atoms with Gasteiger partial charge >= 0.3 is 11.8 Å². The van der Waals surface area contributed by atoms with Gasteiger partial charge in [-0.2, -0.15) is 8.78 Å². The van der Waals surface area contributed by atoms with Crippen LogP contribution in [0.1, 0.15) is 0 Å². The average Bonchev–Trinajstić information content (AvgIpc) is 1.14. The molecule has 0 fully saturated rings. The van der Waals surface area contributed by atoms with E-state index in [2.05, 4.69) is 17.4 Å². The molecule has 0 spiro atoms. The summed E-state index contributed by atoms with van der Waals surface area (Å²) in [5.74, 6) is 0. The van der Waals surface area contributed by atoms with Crippen molar-refractivity contribution in [2.24, 2.45) is 0 Å². The summed E-state index contributed by atoms with van der Waals surface area (Å²) in [6, 6.07) is 0. The van der Waals surface area contributed by atoms with E-state index in [1.54, 1.807) is 0 Å². The normalized spacial score (nSPS) is 14.0. The molecule has 0 aliphatic heterocycles. The van der Waals surface area contributed by atoms with Gasteiger partial charge in [0.2, 0.25) is 0 Å². The first-order valence-electron chi connectivity index (χ1n) is 1.56. The molecule has 55 valence electrons. The maximum Gasteiger partial charge on any atom is 0.527 e. The monoisotopic (exact) mass is 167 g/mol. The van der Waals surface area contributed by atoms with E-state index in [1.807, 2.05) is 0 Å². The van der Waals surface area contributed by atoms with Gasteiger partial charge in [0.1, 0.15) is 0 Å². The van der Waals surface area contributed by atoms with Crippen molar-refractivity contribution in [2.45, 2.75) is 11.8 Å². The molecule has 0 unspecified atom stereocenters. The Kier molecular flexibility index (Phi) is 2.29. The third kappa shape index (κ3) is 7.96. The Bertz CT molecular complexity index is 80.1. The lowest BCUT2D eigenvalue weighted by Crippen LogP contribution is -2.24. The van der Waals surface area contributed by atoms with Gasteiger partial charge in [0.15, 0.2) is 0 Å². The van der Waals surface area contributed by atoms with Crippen LogP contribution in [0.15, 0.2) is 0 Å². The standard InChI is InChI=1S/C2F5OS/c3-1(4,5)8-2(6,7)9. The minimum Gasteiger partial charge on any atom is -0.216 e. The fraction of sp³-hybridized carbons (Fsp3) is 1.00. The quantitative estimate of drug-likeness (QED) is 0.544. The zero-order valence-electron chi connectivity index (χ0n) is 3.71. The molecule has 1 radical (unpaired) electrons. The predicted octanol–water partition coefficient (Wildman–Crippen LogP) is 2.27. The third-order valence-corrected chi connectivity index (χ3v) is 0.318. The molecule has 0 aromatic carbocycles. The lowest BCUT2D eigenvalue weighted by atomic mass is 11.2. The third-order valence-electron chi connectivity index (χ3n) is 0.235. The molecule has 0 heterocycles. The molecule has 0 aromatic rings. The fourth-order valence-corrected chi connectivity index (χ4v) is 0.229. The molecule has 7 heteroatoms. The van der Waals surface area contributed by atoms with Crippen LogP contribution in [0.5, 0.6) is 0 Å². The smallest absolute Gasteiger partial charge is 0.216 e. The maximum atomic E-state index is 11.1. The van der Waals surface area contributed by atoms with E-state index in [4.69, 9.17) is 0 Å². The first kappa shape index (κ1) is 8.96. The van der Waals surface area contributed by atoms with Crippen molar-refractivity contribution in [3.05, 3.63) is 0 Å². The number of rotatable bonds is 1. The van der Waals surface area contributed by atoms with E-state index in [9.17, 15) is 22.0 Å². The number of ether oxygens (including phenoxy) is 1. The van der Waals surface area contributed by atoms with Gasteiger partial charge in [-0.05, 0) is 0 Å². The Morgan fingerprint density at radius 3 is 1.33 bits per heavy atom. The highest BCUT2D eigenvalue weighted by atomic mass is 32.1. The van der Waals surface area contributed by atoms with Crippen LogP contribution in [-0.2, 0) is 4.74 Å². The van der Waals surface area contributed by atoms with Crippen LogP contribution in [-0.4, -0.2) is 11.8 Å². The molecule has 0 N–H and O–H groups in total. The molecule has 0 aliphatic rings. The first-order chi connectivity index (χ1) is 3.71. The summed E-state index contributed by atoms with van der Waals surface area (Å²) < 4.78 is 56.6. The summed E-state index contributed by atoms with van der Waals surface area (Å²) in [5, 5.41) is 0. The molecule has 0 rings (SSSR count). The van der Waals surface area contributed by atoms with E-state index < -0.39 is 11.8 Å². The SMILES string of the molecule is FC(F)(F)OC(F)(F)[S]. The molecule has 1 nitrogen and oxygen atoms in total. The van der Waals surface area contributed by atoms with E-state index >= 15 is 0 Å². The van der Waals surface area contributed by atoms with Crippen molar-refractivity contribution in [3.8, 4) is 0 Å². The van der Waals surface area contributed by atoms with Crippen LogP contribution < -0.4 is 0 Å². The minimum atomic E-state index is -5.37. The Morgan fingerprint density at radius 2 is 1.33 bits per heavy atom. The molecule has 0 amide bonds. The van der Waals surface area contributed by atoms with E-state index in [0.29, 0.717) is 0 Å². The van der Waals surface area contributed by atoms with Gasteiger partial charge in [-0.3, -0.25) is 0 Å². The van der Waals surface area contributed by atoms with Gasteiger partial charge in [-0.25, -0.2) is 4.74 Å². The van der Waals surface area contributed by atoms with Crippen LogP contribution in [0.25, 0.3) is 0 Å². The highest BCUT2D eigenvalue weighted by Gasteiger charge is 2.42. The van der Waals surface area contributed by atoms with Crippen molar-refractivity contribution in [2.75, 3.05) is 0 Å². The number of halogens is 5.